The summed E-state index contributed by atoms with van der Waals surface area (Å²) in [7, 11) is 0. The zero-order chi connectivity index (χ0) is 12.5. The molecule has 18 heavy (non-hydrogen) atoms. The molecule has 5 nitrogen and oxygen atoms in total. The van der Waals surface area contributed by atoms with Gasteiger partial charge in [-0.2, -0.15) is 0 Å². The first-order chi connectivity index (χ1) is 8.78. The van der Waals surface area contributed by atoms with Crippen LogP contribution in [0.3, 0.4) is 0 Å². The zero-order valence-corrected chi connectivity index (χ0v) is 10.5. The van der Waals surface area contributed by atoms with E-state index in [0.29, 0.717) is 42.9 Å². The third-order valence-electron chi connectivity index (χ3n) is 2.90. The molecule has 2 aliphatic heterocycles. The standard InChI is InChI=1S/C12H14ClNO4/c13-9-3-7(12-17-6-8(5-14)18-12)4-10-11(9)16-2-1-15-10/h3-4,8,12H,1-2,5-6,14H2. The number of hydrogen-bond acceptors (Lipinski definition) is 5. The van der Waals surface area contributed by atoms with E-state index in [-0.39, 0.29) is 6.10 Å². The van der Waals surface area contributed by atoms with Gasteiger partial charge < -0.3 is 24.7 Å². The van der Waals surface area contributed by atoms with Crippen molar-refractivity contribution in [3.05, 3.63) is 22.7 Å². The van der Waals surface area contributed by atoms with E-state index in [9.17, 15) is 0 Å². The molecular formula is C12H14ClNO4. The van der Waals surface area contributed by atoms with Crippen molar-refractivity contribution in [1.82, 2.24) is 0 Å². The Bertz CT molecular complexity index is 454. The fourth-order valence-corrected chi connectivity index (χ4v) is 2.29. The van der Waals surface area contributed by atoms with Crippen molar-refractivity contribution in [3.63, 3.8) is 0 Å². The lowest BCUT2D eigenvalue weighted by Gasteiger charge is -2.21. The summed E-state index contributed by atoms with van der Waals surface area (Å²) in [6.45, 7) is 1.96. The van der Waals surface area contributed by atoms with E-state index in [4.69, 9.17) is 36.3 Å². The van der Waals surface area contributed by atoms with Gasteiger partial charge in [-0.25, -0.2) is 0 Å². The Hall–Kier alpha value is -1.01. The molecule has 2 heterocycles. The lowest BCUT2D eigenvalue weighted by Crippen LogP contribution is -2.21. The Kier molecular flexibility index (Phi) is 3.30. The predicted octanol–water partition coefficient (Wildman–Crippen LogP) is 1.48. The van der Waals surface area contributed by atoms with Crippen LogP contribution in [0.2, 0.25) is 5.02 Å². The van der Waals surface area contributed by atoms with Gasteiger partial charge in [0.2, 0.25) is 0 Å². The van der Waals surface area contributed by atoms with Crippen LogP contribution in [-0.2, 0) is 9.47 Å². The van der Waals surface area contributed by atoms with Crippen LogP contribution < -0.4 is 15.2 Å². The largest absolute Gasteiger partial charge is 0.486 e. The number of halogens is 1. The minimum Gasteiger partial charge on any atom is -0.486 e. The number of ether oxygens (including phenoxy) is 4. The van der Waals surface area contributed by atoms with E-state index in [1.165, 1.54) is 0 Å². The van der Waals surface area contributed by atoms with Gasteiger partial charge >= 0.3 is 0 Å². The van der Waals surface area contributed by atoms with Gasteiger partial charge in [-0.05, 0) is 12.1 Å². The first kappa shape index (κ1) is 12.0. The third-order valence-corrected chi connectivity index (χ3v) is 3.18. The molecule has 98 valence electrons. The predicted molar refractivity (Wildman–Crippen MR) is 65.1 cm³/mol. The number of benzene rings is 1. The molecule has 6 heteroatoms. The first-order valence-corrected chi connectivity index (χ1v) is 6.22. The fourth-order valence-electron chi connectivity index (χ4n) is 2.01. The van der Waals surface area contributed by atoms with Crippen molar-refractivity contribution in [2.24, 2.45) is 5.73 Å². The van der Waals surface area contributed by atoms with Crippen molar-refractivity contribution in [3.8, 4) is 11.5 Å². The van der Waals surface area contributed by atoms with Crippen molar-refractivity contribution in [2.45, 2.75) is 12.4 Å². The van der Waals surface area contributed by atoms with Gasteiger partial charge in [-0.15, -0.1) is 0 Å². The first-order valence-electron chi connectivity index (χ1n) is 5.84. The maximum atomic E-state index is 6.16. The lowest BCUT2D eigenvalue weighted by atomic mass is 10.2. The van der Waals surface area contributed by atoms with E-state index in [0.717, 1.165) is 5.56 Å². The summed E-state index contributed by atoms with van der Waals surface area (Å²) in [4.78, 5) is 0. The average Bonchev–Trinajstić information content (AvgIpc) is 2.87. The molecule has 0 radical (unpaired) electrons. The second-order valence-electron chi connectivity index (χ2n) is 4.19. The average molecular weight is 272 g/mol. The van der Waals surface area contributed by atoms with Crippen LogP contribution in [0.4, 0.5) is 0 Å². The molecule has 1 aromatic carbocycles. The molecule has 2 atom stereocenters. The molecule has 1 saturated heterocycles. The van der Waals surface area contributed by atoms with Crippen molar-refractivity contribution < 1.29 is 18.9 Å². The highest BCUT2D eigenvalue weighted by atomic mass is 35.5. The summed E-state index contributed by atoms with van der Waals surface area (Å²) in [6, 6.07) is 3.61. The molecule has 2 aliphatic rings. The number of hydrogen-bond donors (Lipinski definition) is 1. The van der Waals surface area contributed by atoms with E-state index in [1.807, 2.05) is 6.07 Å². The molecule has 0 aliphatic carbocycles. The number of nitrogens with two attached hydrogens (primary N) is 1. The quantitative estimate of drug-likeness (QED) is 0.883. The smallest absolute Gasteiger partial charge is 0.184 e. The van der Waals surface area contributed by atoms with Crippen LogP contribution in [0.25, 0.3) is 0 Å². The molecule has 0 amide bonds. The van der Waals surface area contributed by atoms with Crippen molar-refractivity contribution >= 4 is 11.6 Å². The molecule has 0 spiro atoms. The van der Waals surface area contributed by atoms with Crippen molar-refractivity contribution in [2.75, 3.05) is 26.4 Å². The zero-order valence-electron chi connectivity index (χ0n) is 9.73. The van der Waals surface area contributed by atoms with Crippen LogP contribution in [0.15, 0.2) is 12.1 Å². The molecule has 1 fully saturated rings. The van der Waals surface area contributed by atoms with E-state index < -0.39 is 6.29 Å². The summed E-state index contributed by atoms with van der Waals surface area (Å²) in [5.74, 6) is 1.21. The Balaban J connectivity index is 1.87. The van der Waals surface area contributed by atoms with Gasteiger partial charge in [0, 0.05) is 12.1 Å². The van der Waals surface area contributed by atoms with Gasteiger partial charge in [0.1, 0.15) is 13.2 Å². The Labute approximate surface area is 110 Å². The van der Waals surface area contributed by atoms with E-state index in [2.05, 4.69) is 0 Å². The minimum absolute atomic E-state index is 0.0676. The molecule has 0 bridgehead atoms. The number of fused-ring (bicyclic) bond motifs is 1. The highest BCUT2D eigenvalue weighted by Gasteiger charge is 2.28. The number of rotatable bonds is 2. The highest BCUT2D eigenvalue weighted by Crippen LogP contribution is 2.41. The maximum Gasteiger partial charge on any atom is 0.184 e. The van der Waals surface area contributed by atoms with E-state index in [1.54, 1.807) is 6.07 Å². The topological polar surface area (TPSA) is 62.9 Å². The maximum absolute atomic E-state index is 6.16. The van der Waals surface area contributed by atoms with Crippen LogP contribution in [0.1, 0.15) is 11.9 Å². The highest BCUT2D eigenvalue weighted by molar-refractivity contribution is 6.32. The van der Waals surface area contributed by atoms with E-state index >= 15 is 0 Å². The summed E-state index contributed by atoms with van der Waals surface area (Å²) in [5.41, 5.74) is 6.36. The van der Waals surface area contributed by atoms with Crippen LogP contribution in [0.5, 0.6) is 11.5 Å². The normalized spacial score (nSPS) is 26.3. The Morgan fingerprint density at radius 1 is 1.28 bits per heavy atom. The second-order valence-corrected chi connectivity index (χ2v) is 4.59. The molecule has 1 aromatic rings. The van der Waals surface area contributed by atoms with Gasteiger partial charge in [0.05, 0.1) is 17.7 Å². The van der Waals surface area contributed by atoms with Gasteiger partial charge in [0.15, 0.2) is 17.8 Å². The van der Waals surface area contributed by atoms with Gasteiger partial charge in [-0.3, -0.25) is 0 Å². The SMILES string of the molecule is NCC1COC(c2cc(Cl)c3c(c2)OCCO3)O1. The van der Waals surface area contributed by atoms with Gasteiger partial charge in [0.25, 0.3) is 0 Å². The van der Waals surface area contributed by atoms with Gasteiger partial charge in [-0.1, -0.05) is 11.6 Å². The Morgan fingerprint density at radius 3 is 2.89 bits per heavy atom. The van der Waals surface area contributed by atoms with Crippen LogP contribution >= 0.6 is 11.6 Å². The molecule has 3 rings (SSSR count). The monoisotopic (exact) mass is 271 g/mol. The van der Waals surface area contributed by atoms with Crippen molar-refractivity contribution in [1.29, 1.82) is 0 Å². The summed E-state index contributed by atoms with van der Waals surface area (Å²) >= 11 is 6.16. The lowest BCUT2D eigenvalue weighted by molar-refractivity contribution is -0.0587. The summed E-state index contributed by atoms with van der Waals surface area (Å²) in [6.07, 6.45) is -0.506. The molecule has 2 N–H and O–H groups in total. The Morgan fingerprint density at radius 2 is 2.11 bits per heavy atom. The third kappa shape index (κ3) is 2.14. The minimum atomic E-state index is -0.438. The molecule has 2 unspecified atom stereocenters. The fraction of sp³-hybridized carbons (Fsp3) is 0.500. The summed E-state index contributed by atoms with van der Waals surface area (Å²) in [5, 5.41) is 0.505. The van der Waals surface area contributed by atoms with Crippen LogP contribution in [0, 0.1) is 0 Å². The molecular weight excluding hydrogens is 258 g/mol. The summed E-state index contributed by atoms with van der Waals surface area (Å²) < 4.78 is 22.1. The second kappa shape index (κ2) is 4.93. The molecule has 0 saturated carbocycles. The van der Waals surface area contributed by atoms with Crippen LogP contribution in [-0.4, -0.2) is 32.5 Å². The molecule has 0 aromatic heterocycles.